The fraction of sp³-hybridized carbons (Fsp3) is 0.455. The van der Waals surface area contributed by atoms with Gasteiger partial charge in [-0.05, 0) is 37.1 Å². The van der Waals surface area contributed by atoms with E-state index in [9.17, 15) is 21.6 Å². The second-order valence-corrected chi connectivity index (χ2v) is 6.60. The van der Waals surface area contributed by atoms with Crippen LogP contribution in [0.15, 0.2) is 17.0 Å². The molecule has 0 aliphatic carbocycles. The smallest absolute Gasteiger partial charge is 0.392 e. The zero-order valence-corrected chi connectivity index (χ0v) is 11.8. The molecule has 0 atom stereocenters. The van der Waals surface area contributed by atoms with Crippen LogP contribution >= 0.6 is 10.7 Å². The van der Waals surface area contributed by atoms with Gasteiger partial charge in [0.25, 0.3) is 9.05 Å². The summed E-state index contributed by atoms with van der Waals surface area (Å²) in [5, 5.41) is 0. The van der Waals surface area contributed by atoms with Crippen LogP contribution in [0.3, 0.4) is 0 Å². The molecule has 0 unspecified atom stereocenters. The highest BCUT2D eigenvalue weighted by Gasteiger charge is 2.27. The minimum Gasteiger partial charge on any atom is -0.493 e. The summed E-state index contributed by atoms with van der Waals surface area (Å²) in [6.07, 6.45) is -5.36. The van der Waals surface area contributed by atoms with Crippen molar-refractivity contribution >= 4 is 19.7 Å². The number of hydrogen-bond donors (Lipinski definition) is 0. The van der Waals surface area contributed by atoms with Gasteiger partial charge in [0.2, 0.25) is 0 Å². The molecular weight excluding hydrogens is 305 g/mol. The fourth-order valence-corrected chi connectivity index (χ4v) is 2.45. The molecule has 0 saturated carbocycles. The Hall–Kier alpha value is -0.950. The highest BCUT2D eigenvalue weighted by Crippen LogP contribution is 2.29. The molecule has 0 aromatic heterocycles. The summed E-state index contributed by atoms with van der Waals surface area (Å²) in [5.74, 6) is 0.244. The quantitative estimate of drug-likeness (QED) is 0.798. The van der Waals surface area contributed by atoms with Crippen LogP contribution in [0.1, 0.15) is 17.5 Å². The Labute approximate surface area is 113 Å². The van der Waals surface area contributed by atoms with Gasteiger partial charge in [0.15, 0.2) is 0 Å². The van der Waals surface area contributed by atoms with E-state index in [-0.39, 0.29) is 10.6 Å². The Balaban J connectivity index is 2.93. The Morgan fingerprint density at radius 1 is 1.21 bits per heavy atom. The molecule has 0 fully saturated rings. The Bertz CT molecular complexity index is 544. The molecular formula is C11H12ClF3O3S. The lowest BCUT2D eigenvalue weighted by molar-refractivity contribution is -0.139. The minimum atomic E-state index is -4.29. The molecule has 0 aliphatic heterocycles. The molecule has 108 valence electrons. The zero-order valence-electron chi connectivity index (χ0n) is 10.2. The third-order valence-corrected chi connectivity index (χ3v) is 3.68. The van der Waals surface area contributed by atoms with Crippen molar-refractivity contribution in [3.63, 3.8) is 0 Å². The first-order valence-electron chi connectivity index (χ1n) is 5.26. The fourth-order valence-electron chi connectivity index (χ4n) is 1.55. The van der Waals surface area contributed by atoms with E-state index < -0.39 is 28.3 Å². The van der Waals surface area contributed by atoms with Crippen LogP contribution in [-0.4, -0.2) is 21.2 Å². The second-order valence-electron chi connectivity index (χ2n) is 4.04. The van der Waals surface area contributed by atoms with Crippen LogP contribution in [0.2, 0.25) is 0 Å². The third-order valence-electron chi connectivity index (χ3n) is 2.35. The highest BCUT2D eigenvalue weighted by atomic mass is 35.7. The molecule has 19 heavy (non-hydrogen) atoms. The predicted octanol–water partition coefficient (Wildman–Crippen LogP) is 3.56. The van der Waals surface area contributed by atoms with Crippen molar-refractivity contribution in [3.8, 4) is 5.75 Å². The first-order valence-corrected chi connectivity index (χ1v) is 7.57. The van der Waals surface area contributed by atoms with Crippen LogP contribution in [0.4, 0.5) is 13.2 Å². The van der Waals surface area contributed by atoms with Gasteiger partial charge in [0.1, 0.15) is 5.75 Å². The largest absolute Gasteiger partial charge is 0.493 e. The van der Waals surface area contributed by atoms with E-state index in [0.29, 0.717) is 11.1 Å². The SMILES string of the molecule is Cc1cc(S(=O)(=O)Cl)cc(C)c1OCCC(F)(F)F. The summed E-state index contributed by atoms with van der Waals surface area (Å²) in [6, 6.07) is 2.52. The van der Waals surface area contributed by atoms with Crippen molar-refractivity contribution in [1.29, 1.82) is 0 Å². The molecule has 0 N–H and O–H groups in total. The lowest BCUT2D eigenvalue weighted by Gasteiger charge is -2.14. The molecule has 0 heterocycles. The van der Waals surface area contributed by atoms with Gasteiger partial charge in [0.05, 0.1) is 17.9 Å². The molecule has 1 aromatic rings. The predicted molar refractivity (Wildman–Crippen MR) is 65.1 cm³/mol. The van der Waals surface area contributed by atoms with E-state index in [2.05, 4.69) is 0 Å². The summed E-state index contributed by atoms with van der Waals surface area (Å²) in [7, 11) is 1.33. The van der Waals surface area contributed by atoms with Gasteiger partial charge in [-0.25, -0.2) is 8.42 Å². The van der Waals surface area contributed by atoms with Crippen molar-refractivity contribution in [3.05, 3.63) is 23.3 Å². The summed E-state index contributed by atoms with van der Waals surface area (Å²) in [4.78, 5) is -0.104. The molecule has 0 amide bonds. The van der Waals surface area contributed by atoms with E-state index >= 15 is 0 Å². The number of alkyl halides is 3. The zero-order chi connectivity index (χ0) is 14.8. The lowest BCUT2D eigenvalue weighted by atomic mass is 10.1. The topological polar surface area (TPSA) is 43.4 Å². The highest BCUT2D eigenvalue weighted by molar-refractivity contribution is 8.13. The van der Waals surface area contributed by atoms with Crippen LogP contribution in [0.5, 0.6) is 5.75 Å². The standard InChI is InChI=1S/C11H12ClF3O3S/c1-7-5-9(19(12,16)17)6-8(2)10(7)18-4-3-11(13,14)15/h5-6H,3-4H2,1-2H3. The average Bonchev–Trinajstić information content (AvgIpc) is 2.18. The van der Waals surface area contributed by atoms with E-state index in [0.717, 1.165) is 0 Å². The van der Waals surface area contributed by atoms with Gasteiger partial charge in [-0.1, -0.05) is 0 Å². The van der Waals surface area contributed by atoms with Gasteiger partial charge in [0, 0.05) is 10.7 Å². The van der Waals surface area contributed by atoms with Gasteiger partial charge >= 0.3 is 6.18 Å². The number of benzene rings is 1. The monoisotopic (exact) mass is 316 g/mol. The van der Waals surface area contributed by atoms with Gasteiger partial charge in [-0.3, -0.25) is 0 Å². The van der Waals surface area contributed by atoms with E-state index in [1.807, 2.05) is 0 Å². The minimum absolute atomic E-state index is 0.104. The number of hydrogen-bond acceptors (Lipinski definition) is 3. The number of ether oxygens (including phenoxy) is 1. The molecule has 1 aromatic carbocycles. The Morgan fingerprint density at radius 3 is 2.05 bits per heavy atom. The molecule has 3 nitrogen and oxygen atoms in total. The number of aryl methyl sites for hydroxylation is 2. The van der Waals surface area contributed by atoms with Crippen LogP contribution in [0, 0.1) is 13.8 Å². The second kappa shape index (κ2) is 5.58. The maximum absolute atomic E-state index is 12.0. The molecule has 1 rings (SSSR count). The van der Waals surface area contributed by atoms with Crippen LogP contribution in [0.25, 0.3) is 0 Å². The first-order chi connectivity index (χ1) is 8.50. The first kappa shape index (κ1) is 16.1. The third kappa shape index (κ3) is 4.91. The van der Waals surface area contributed by atoms with E-state index in [4.69, 9.17) is 15.4 Å². The van der Waals surface area contributed by atoms with Crippen molar-refractivity contribution in [1.82, 2.24) is 0 Å². The molecule has 0 aliphatic rings. The molecule has 0 saturated heterocycles. The lowest BCUT2D eigenvalue weighted by Crippen LogP contribution is -2.13. The molecule has 0 radical (unpaired) electrons. The van der Waals surface area contributed by atoms with Gasteiger partial charge < -0.3 is 4.74 Å². The number of rotatable bonds is 4. The van der Waals surface area contributed by atoms with Crippen molar-refractivity contribution in [2.75, 3.05) is 6.61 Å². The van der Waals surface area contributed by atoms with Crippen molar-refractivity contribution < 1.29 is 26.3 Å². The van der Waals surface area contributed by atoms with Crippen molar-refractivity contribution in [2.24, 2.45) is 0 Å². The maximum atomic E-state index is 12.0. The van der Waals surface area contributed by atoms with E-state index in [1.54, 1.807) is 13.8 Å². The average molecular weight is 317 g/mol. The Morgan fingerprint density at radius 2 is 1.68 bits per heavy atom. The maximum Gasteiger partial charge on any atom is 0.392 e. The van der Waals surface area contributed by atoms with Crippen LogP contribution in [-0.2, 0) is 9.05 Å². The summed E-state index contributed by atoms with van der Waals surface area (Å²) in [5.41, 5.74) is 0.836. The molecule has 8 heteroatoms. The normalized spacial score (nSPS) is 12.5. The number of halogens is 4. The van der Waals surface area contributed by atoms with Gasteiger partial charge in [-0.2, -0.15) is 13.2 Å². The summed E-state index contributed by atoms with van der Waals surface area (Å²) >= 11 is 0. The molecule has 0 bridgehead atoms. The Kier molecular flexibility index (Phi) is 4.73. The van der Waals surface area contributed by atoms with E-state index in [1.165, 1.54) is 12.1 Å². The van der Waals surface area contributed by atoms with Crippen LogP contribution < -0.4 is 4.74 Å². The summed E-state index contributed by atoms with van der Waals surface area (Å²) < 4.78 is 63.4. The van der Waals surface area contributed by atoms with Gasteiger partial charge in [-0.15, -0.1) is 0 Å². The summed E-state index contributed by atoms with van der Waals surface area (Å²) in [6.45, 7) is 2.57. The van der Waals surface area contributed by atoms with Crippen molar-refractivity contribution in [2.45, 2.75) is 31.3 Å². The molecule has 0 spiro atoms.